The Balaban J connectivity index is 0.000000687. The number of carbonyl (C=O) groups is 3. The number of ketones is 1. The Morgan fingerprint density at radius 3 is 2.26 bits per heavy atom. The second-order valence-corrected chi connectivity index (χ2v) is 10.3. The third-order valence-corrected chi connectivity index (χ3v) is 7.04. The molecule has 39 heavy (non-hydrogen) atoms. The molecule has 1 aliphatic rings. The van der Waals surface area contributed by atoms with Crippen molar-refractivity contribution in [2.45, 2.75) is 32.1 Å². The molecule has 0 radical (unpaired) electrons. The van der Waals surface area contributed by atoms with Crippen molar-refractivity contribution in [3.05, 3.63) is 101 Å². The molecule has 0 unspecified atom stereocenters. The summed E-state index contributed by atoms with van der Waals surface area (Å²) in [6, 6.07) is 26.0. The Hall–Kier alpha value is -2.66. The average molecular weight is 770 g/mol. The van der Waals surface area contributed by atoms with Crippen molar-refractivity contribution in [1.29, 1.82) is 0 Å². The van der Waals surface area contributed by atoms with Gasteiger partial charge < -0.3 is 14.7 Å². The van der Waals surface area contributed by atoms with Gasteiger partial charge in [0.05, 0.1) is 0 Å². The number of hydrogen-bond acceptors (Lipinski definition) is 5. The molecule has 1 heterocycles. The van der Waals surface area contributed by atoms with Crippen molar-refractivity contribution < 1.29 is 55.3 Å². The monoisotopic (exact) mass is 769 g/mol. The number of nitrogens with zero attached hydrogens (tertiary/aromatic N) is 1. The van der Waals surface area contributed by atoms with Crippen molar-refractivity contribution in [2.75, 3.05) is 19.3 Å². The first-order valence-electron chi connectivity index (χ1n) is 12.4. The standard InChI is InChI=1S/C27H26NO3S.C4H7O2.U/c1-19-7-6-8-20(15-19)16-22-17-28(27(30)31-23-9-4-3-5-10-23)18-25(22)26(29)21-11-13-24(32-2)14-12-21;1-3(2)4(5)6;/h3-6,8-15,22,25H,16-18H2,1-2H3;1-2H3,(H,5,6);/q2*-1;+2/t22-,25-;;/m1../s1. The average Bonchev–Trinajstić information content (AvgIpc) is 3.33. The van der Waals surface area contributed by atoms with Crippen LogP contribution in [-0.2, 0) is 11.2 Å². The maximum Gasteiger partial charge on any atom is 2.00 e. The second-order valence-electron chi connectivity index (χ2n) is 9.43. The fraction of sp³-hybridized carbons (Fsp3) is 0.290. The van der Waals surface area contributed by atoms with Crippen LogP contribution in [0.1, 0.15) is 35.3 Å². The number of ether oxygens (including phenoxy) is 1. The molecular formula is C31H33NO5SU. The Morgan fingerprint density at radius 2 is 1.69 bits per heavy atom. The van der Waals surface area contributed by atoms with Crippen LogP contribution in [0.15, 0.2) is 77.7 Å². The molecule has 6 nitrogen and oxygen atoms in total. The summed E-state index contributed by atoms with van der Waals surface area (Å²) in [4.78, 5) is 38.7. The van der Waals surface area contributed by atoms with Crippen LogP contribution in [0.3, 0.4) is 0 Å². The Bertz CT molecular complexity index is 1230. The van der Waals surface area contributed by atoms with Crippen molar-refractivity contribution in [3.63, 3.8) is 0 Å². The molecule has 1 N–H and O–H groups in total. The second kappa shape index (κ2) is 15.8. The molecule has 3 aromatic rings. The van der Waals surface area contributed by atoms with E-state index < -0.39 is 12.1 Å². The van der Waals surface area contributed by atoms with E-state index in [-0.39, 0.29) is 48.7 Å². The minimum absolute atomic E-state index is 0. The number of thioether (sulfide) groups is 1. The van der Waals surface area contributed by atoms with E-state index >= 15 is 0 Å². The van der Waals surface area contributed by atoms with Gasteiger partial charge in [-0.15, -0.1) is 11.8 Å². The van der Waals surface area contributed by atoms with Gasteiger partial charge in [-0.3, -0.25) is 15.5 Å². The van der Waals surface area contributed by atoms with Crippen LogP contribution in [0.5, 0.6) is 5.75 Å². The molecule has 1 aliphatic heterocycles. The van der Waals surface area contributed by atoms with Crippen LogP contribution in [0.25, 0.3) is 0 Å². The van der Waals surface area contributed by atoms with Crippen LogP contribution in [0.2, 0.25) is 0 Å². The van der Waals surface area contributed by atoms with Gasteiger partial charge in [0.15, 0.2) is 11.8 Å². The van der Waals surface area contributed by atoms with Gasteiger partial charge in [-0.05, 0) is 42.9 Å². The first-order chi connectivity index (χ1) is 18.2. The molecule has 3 aromatic carbocycles. The van der Waals surface area contributed by atoms with Crippen LogP contribution in [0, 0.1) is 61.9 Å². The topological polar surface area (TPSA) is 83.9 Å². The number of carbonyl (C=O) groups excluding carboxylic acids is 2. The zero-order chi connectivity index (χ0) is 27.7. The molecular weight excluding hydrogens is 736 g/mol. The Labute approximate surface area is 258 Å². The van der Waals surface area contributed by atoms with Gasteiger partial charge in [-0.2, -0.15) is 49.2 Å². The zero-order valence-corrected chi connectivity index (χ0v) is 27.6. The van der Waals surface area contributed by atoms with E-state index in [4.69, 9.17) is 9.84 Å². The summed E-state index contributed by atoms with van der Waals surface area (Å²) in [5, 5.41) is 7.95. The molecule has 202 valence electrons. The molecule has 1 saturated heterocycles. The molecule has 2 atom stereocenters. The molecule has 0 bridgehead atoms. The number of likely N-dealkylation sites (tertiary alicyclic amines) is 1. The van der Waals surface area contributed by atoms with Crippen molar-refractivity contribution in [2.24, 2.45) is 11.8 Å². The Morgan fingerprint density at radius 1 is 1.05 bits per heavy atom. The number of carboxylic acid groups (broad SMARTS) is 1. The molecule has 0 aliphatic carbocycles. The van der Waals surface area contributed by atoms with Crippen LogP contribution >= 0.6 is 11.8 Å². The number of carboxylic acids is 1. The van der Waals surface area contributed by atoms with Crippen LogP contribution < -0.4 is 4.74 Å². The molecule has 4 rings (SSSR count). The predicted molar refractivity (Wildman–Crippen MR) is 150 cm³/mol. The number of rotatable bonds is 7. The first kappa shape index (κ1) is 32.6. The van der Waals surface area contributed by atoms with E-state index in [1.54, 1.807) is 42.6 Å². The van der Waals surface area contributed by atoms with Crippen molar-refractivity contribution >= 4 is 29.6 Å². The van der Waals surface area contributed by atoms with Gasteiger partial charge in [0, 0.05) is 29.5 Å². The summed E-state index contributed by atoms with van der Waals surface area (Å²) in [7, 11) is 0. The molecule has 8 heteroatoms. The number of benzene rings is 3. The number of hydrogen-bond donors (Lipinski definition) is 1. The van der Waals surface area contributed by atoms with Crippen molar-refractivity contribution in [1.82, 2.24) is 4.90 Å². The Kier molecular flexibility index (Phi) is 13.2. The summed E-state index contributed by atoms with van der Waals surface area (Å²) in [5.41, 5.74) is 2.91. The molecule has 1 fully saturated rings. The van der Waals surface area contributed by atoms with E-state index in [9.17, 15) is 14.4 Å². The quantitative estimate of drug-likeness (QED) is 0.171. The van der Waals surface area contributed by atoms with E-state index in [1.165, 1.54) is 0 Å². The number of aliphatic carboxylic acids is 1. The van der Waals surface area contributed by atoms with E-state index in [0.717, 1.165) is 22.4 Å². The van der Waals surface area contributed by atoms with E-state index in [1.807, 2.05) is 67.8 Å². The van der Waals surface area contributed by atoms with Gasteiger partial charge in [-0.25, -0.2) is 4.79 Å². The SMILES string of the molecule is CSc1ccc(C(=O)[C@@H]2CN(C(=O)Oc3ccccc3)C[C@H]2Cc2cc[c-]c(C)c2)cc1.C[C-](C)C(=O)O.[U+2]. The summed E-state index contributed by atoms with van der Waals surface area (Å²) < 4.78 is 5.55. The maximum absolute atomic E-state index is 13.4. The largest absolute Gasteiger partial charge is 2.00 e. The van der Waals surface area contributed by atoms with Gasteiger partial charge in [0.2, 0.25) is 0 Å². The third kappa shape index (κ3) is 9.79. The number of amides is 1. The van der Waals surface area contributed by atoms with Gasteiger partial charge in [-0.1, -0.05) is 37.3 Å². The predicted octanol–water partition coefficient (Wildman–Crippen LogP) is 6.37. The number of para-hydroxylation sites is 1. The zero-order valence-electron chi connectivity index (χ0n) is 22.6. The van der Waals surface area contributed by atoms with Crippen LogP contribution in [0.4, 0.5) is 4.79 Å². The van der Waals surface area contributed by atoms with Gasteiger partial charge in [0.25, 0.3) is 0 Å². The normalized spacial score (nSPS) is 15.8. The van der Waals surface area contributed by atoms with E-state index in [2.05, 4.69) is 12.1 Å². The first-order valence-corrected chi connectivity index (χ1v) is 13.6. The van der Waals surface area contributed by atoms with E-state index in [0.29, 0.717) is 30.3 Å². The van der Waals surface area contributed by atoms with Crippen LogP contribution in [-0.4, -0.2) is 47.2 Å². The van der Waals surface area contributed by atoms with Gasteiger partial charge in [0.1, 0.15) is 5.75 Å². The fourth-order valence-corrected chi connectivity index (χ4v) is 4.63. The molecule has 0 spiro atoms. The summed E-state index contributed by atoms with van der Waals surface area (Å²) >= 11 is 1.65. The molecule has 0 saturated carbocycles. The fourth-order valence-electron chi connectivity index (χ4n) is 4.23. The summed E-state index contributed by atoms with van der Waals surface area (Å²) in [6.07, 6.45) is 2.33. The maximum atomic E-state index is 13.4. The van der Waals surface area contributed by atoms with Crippen molar-refractivity contribution in [3.8, 4) is 5.75 Å². The molecule has 1 amide bonds. The summed E-state index contributed by atoms with van der Waals surface area (Å²) in [5.74, 6) is -0.0663. The smallest absolute Gasteiger partial charge is 0.503 e. The molecule has 0 aromatic heterocycles. The minimum Gasteiger partial charge on any atom is -0.503 e. The number of Topliss-reactive ketones (excluding diaryl/α,β-unsaturated/α-hetero) is 1. The third-order valence-electron chi connectivity index (χ3n) is 6.29. The summed E-state index contributed by atoms with van der Waals surface area (Å²) in [6.45, 7) is 5.97. The minimum atomic E-state index is -0.824. The number of aryl methyl sites for hydroxylation is 1. The van der Waals surface area contributed by atoms with Gasteiger partial charge >= 0.3 is 37.2 Å².